The van der Waals surface area contributed by atoms with E-state index in [1.165, 1.54) is 12.1 Å². The predicted octanol–water partition coefficient (Wildman–Crippen LogP) is 2.94. The monoisotopic (exact) mass is 240 g/mol. The zero-order chi connectivity index (χ0) is 12.5. The van der Waals surface area contributed by atoms with Crippen LogP contribution in [0, 0.1) is 5.82 Å². The van der Waals surface area contributed by atoms with Crippen molar-refractivity contribution in [2.24, 2.45) is 0 Å². The van der Waals surface area contributed by atoms with E-state index in [9.17, 15) is 9.18 Å². The van der Waals surface area contributed by atoms with Gasteiger partial charge in [0, 0.05) is 12.5 Å². The first-order chi connectivity index (χ1) is 8.22. The van der Waals surface area contributed by atoms with E-state index < -0.39 is 0 Å². The second kappa shape index (κ2) is 7.65. The van der Waals surface area contributed by atoms with E-state index in [0.717, 1.165) is 6.42 Å². The summed E-state index contributed by atoms with van der Waals surface area (Å²) in [5, 5.41) is 0. The van der Waals surface area contributed by atoms with E-state index in [1.54, 1.807) is 19.1 Å². The van der Waals surface area contributed by atoms with Gasteiger partial charge < -0.3 is 9.47 Å². The minimum absolute atomic E-state index is 0.182. The smallest absolute Gasteiger partial charge is 0.305 e. The maximum Gasteiger partial charge on any atom is 0.305 e. The Bertz CT molecular complexity index is 352. The molecule has 0 heterocycles. The van der Waals surface area contributed by atoms with Crippen LogP contribution in [0.15, 0.2) is 24.3 Å². The van der Waals surface area contributed by atoms with Crippen molar-refractivity contribution < 1.29 is 18.7 Å². The van der Waals surface area contributed by atoms with E-state index in [1.807, 2.05) is 0 Å². The summed E-state index contributed by atoms with van der Waals surface area (Å²) in [6, 6.07) is 6.01. The molecule has 1 aromatic carbocycles. The number of rotatable bonds is 7. The molecule has 0 saturated carbocycles. The van der Waals surface area contributed by atoms with Crippen LogP contribution in [0.3, 0.4) is 0 Å². The molecule has 0 bridgehead atoms. The third-order valence-electron chi connectivity index (χ3n) is 2.15. The molecule has 0 amide bonds. The van der Waals surface area contributed by atoms with E-state index in [4.69, 9.17) is 9.47 Å². The minimum atomic E-state index is -0.311. The molecule has 1 rings (SSSR count). The number of benzene rings is 1. The first-order valence-electron chi connectivity index (χ1n) is 5.76. The van der Waals surface area contributed by atoms with Crippen LogP contribution in [-0.2, 0) is 9.53 Å². The number of esters is 1. The van der Waals surface area contributed by atoms with E-state index >= 15 is 0 Å². The Hall–Kier alpha value is -1.58. The van der Waals surface area contributed by atoms with Gasteiger partial charge in [0.1, 0.15) is 11.6 Å². The number of carbonyl (C=O) groups is 1. The zero-order valence-corrected chi connectivity index (χ0v) is 9.95. The lowest BCUT2D eigenvalue weighted by Crippen LogP contribution is -2.05. The molecule has 4 heteroatoms. The normalized spacial score (nSPS) is 10.0. The Morgan fingerprint density at radius 2 is 2.18 bits per heavy atom. The highest BCUT2D eigenvalue weighted by molar-refractivity contribution is 5.69. The highest BCUT2D eigenvalue weighted by Gasteiger charge is 2.01. The van der Waals surface area contributed by atoms with Crippen molar-refractivity contribution in [1.29, 1.82) is 0 Å². The molecule has 0 fully saturated rings. The second-order valence-corrected chi connectivity index (χ2v) is 3.57. The lowest BCUT2D eigenvalue weighted by molar-refractivity contribution is -0.143. The summed E-state index contributed by atoms with van der Waals surface area (Å²) in [5.74, 6) is 0.0217. The Morgan fingerprint density at radius 3 is 2.88 bits per heavy atom. The summed E-state index contributed by atoms with van der Waals surface area (Å²) in [7, 11) is 0. The molecule has 0 saturated heterocycles. The van der Waals surface area contributed by atoms with Crippen molar-refractivity contribution >= 4 is 5.97 Å². The van der Waals surface area contributed by atoms with Crippen LogP contribution in [0.4, 0.5) is 4.39 Å². The van der Waals surface area contributed by atoms with Gasteiger partial charge >= 0.3 is 5.97 Å². The largest absolute Gasteiger partial charge is 0.493 e. The van der Waals surface area contributed by atoms with Crippen LogP contribution in [0.5, 0.6) is 5.75 Å². The molecule has 0 spiro atoms. The van der Waals surface area contributed by atoms with Crippen molar-refractivity contribution in [3.8, 4) is 5.75 Å². The molecular weight excluding hydrogens is 223 g/mol. The van der Waals surface area contributed by atoms with Crippen molar-refractivity contribution in [2.45, 2.75) is 26.2 Å². The van der Waals surface area contributed by atoms with Gasteiger partial charge in [0.15, 0.2) is 0 Å². The standard InChI is InChI=1S/C13H17FO3/c1-2-16-13(15)8-3-4-9-17-12-7-5-6-11(14)10-12/h5-7,10H,2-4,8-9H2,1H3. The summed E-state index contributed by atoms with van der Waals surface area (Å²) >= 11 is 0. The molecule has 94 valence electrons. The van der Waals surface area contributed by atoms with Crippen LogP contribution < -0.4 is 4.74 Å². The van der Waals surface area contributed by atoms with Gasteiger partial charge in [-0.05, 0) is 31.9 Å². The molecule has 0 aromatic heterocycles. The van der Waals surface area contributed by atoms with Gasteiger partial charge in [-0.3, -0.25) is 4.79 Å². The zero-order valence-electron chi connectivity index (χ0n) is 9.95. The molecule has 17 heavy (non-hydrogen) atoms. The summed E-state index contributed by atoms with van der Waals surface area (Å²) in [5.41, 5.74) is 0. The highest BCUT2D eigenvalue weighted by Crippen LogP contribution is 2.12. The van der Waals surface area contributed by atoms with Crippen LogP contribution in [0.2, 0.25) is 0 Å². The molecule has 0 unspecified atom stereocenters. The van der Waals surface area contributed by atoms with Crippen molar-refractivity contribution in [1.82, 2.24) is 0 Å². The number of carbonyl (C=O) groups excluding carboxylic acids is 1. The molecule has 3 nitrogen and oxygen atoms in total. The maximum absolute atomic E-state index is 12.8. The summed E-state index contributed by atoms with van der Waals surface area (Å²) < 4.78 is 22.9. The van der Waals surface area contributed by atoms with Gasteiger partial charge in [-0.25, -0.2) is 4.39 Å². The third-order valence-corrected chi connectivity index (χ3v) is 2.15. The molecule has 0 aliphatic carbocycles. The number of halogens is 1. The summed E-state index contributed by atoms with van der Waals surface area (Å²) in [6.07, 6.45) is 1.86. The third kappa shape index (κ3) is 5.90. The molecular formula is C13H17FO3. The van der Waals surface area contributed by atoms with Gasteiger partial charge in [0.25, 0.3) is 0 Å². The molecule has 0 aliphatic heterocycles. The molecule has 1 aromatic rings. The average Bonchev–Trinajstić information content (AvgIpc) is 2.29. The van der Waals surface area contributed by atoms with Crippen LogP contribution in [0.25, 0.3) is 0 Å². The maximum atomic E-state index is 12.8. The highest BCUT2D eigenvalue weighted by atomic mass is 19.1. The Morgan fingerprint density at radius 1 is 1.35 bits per heavy atom. The first kappa shape index (κ1) is 13.5. The average molecular weight is 240 g/mol. The van der Waals surface area contributed by atoms with Gasteiger partial charge in [0.2, 0.25) is 0 Å². The number of unbranched alkanes of at least 4 members (excludes halogenated alkanes) is 1. The fraction of sp³-hybridized carbons (Fsp3) is 0.462. The van der Waals surface area contributed by atoms with Crippen molar-refractivity contribution in [3.05, 3.63) is 30.1 Å². The molecule has 0 N–H and O–H groups in total. The van der Waals surface area contributed by atoms with Crippen molar-refractivity contribution in [2.75, 3.05) is 13.2 Å². The lowest BCUT2D eigenvalue weighted by atomic mass is 10.2. The van der Waals surface area contributed by atoms with Crippen LogP contribution >= 0.6 is 0 Å². The van der Waals surface area contributed by atoms with Crippen LogP contribution in [-0.4, -0.2) is 19.2 Å². The Balaban J connectivity index is 2.10. The SMILES string of the molecule is CCOC(=O)CCCCOc1cccc(F)c1. The fourth-order valence-electron chi connectivity index (χ4n) is 1.35. The van der Waals surface area contributed by atoms with E-state index in [-0.39, 0.29) is 11.8 Å². The second-order valence-electron chi connectivity index (χ2n) is 3.57. The van der Waals surface area contributed by atoms with Crippen molar-refractivity contribution in [3.63, 3.8) is 0 Å². The lowest BCUT2D eigenvalue weighted by Gasteiger charge is -2.05. The molecule has 0 radical (unpaired) electrons. The Labute approximate surface area is 101 Å². The quantitative estimate of drug-likeness (QED) is 0.543. The molecule has 0 atom stereocenters. The van der Waals surface area contributed by atoms with Gasteiger partial charge in [-0.1, -0.05) is 6.07 Å². The van der Waals surface area contributed by atoms with Crippen LogP contribution in [0.1, 0.15) is 26.2 Å². The van der Waals surface area contributed by atoms with E-state index in [2.05, 4.69) is 0 Å². The summed E-state index contributed by atoms with van der Waals surface area (Å²) in [4.78, 5) is 11.0. The van der Waals surface area contributed by atoms with Gasteiger partial charge in [-0.15, -0.1) is 0 Å². The summed E-state index contributed by atoms with van der Waals surface area (Å²) in [6.45, 7) is 2.67. The predicted molar refractivity (Wildman–Crippen MR) is 62.4 cm³/mol. The topological polar surface area (TPSA) is 35.5 Å². The van der Waals surface area contributed by atoms with Gasteiger partial charge in [0.05, 0.1) is 13.2 Å². The fourth-order valence-corrected chi connectivity index (χ4v) is 1.35. The number of hydrogen-bond acceptors (Lipinski definition) is 3. The number of hydrogen-bond donors (Lipinski definition) is 0. The Kier molecular flexibility index (Phi) is 6.07. The van der Waals surface area contributed by atoms with Gasteiger partial charge in [-0.2, -0.15) is 0 Å². The first-order valence-corrected chi connectivity index (χ1v) is 5.76. The van der Waals surface area contributed by atoms with E-state index in [0.29, 0.717) is 31.8 Å². The molecule has 0 aliphatic rings. The minimum Gasteiger partial charge on any atom is -0.493 e. The number of ether oxygens (including phenoxy) is 2.